The summed E-state index contributed by atoms with van der Waals surface area (Å²) >= 11 is 0. The first kappa shape index (κ1) is 88.4. The molecule has 2 unspecified atom stereocenters. The van der Waals surface area contributed by atoms with Gasteiger partial charge in [-0.05, 0) is 103 Å². The van der Waals surface area contributed by atoms with Gasteiger partial charge in [-0.25, -0.2) is 4.57 Å². The Bertz CT molecular complexity index is 1970. The minimum atomic E-state index is -4.40. The molecule has 0 rings (SSSR count). The highest BCUT2D eigenvalue weighted by atomic mass is 31.2. The highest BCUT2D eigenvalue weighted by molar-refractivity contribution is 7.47. The first-order chi connectivity index (χ1) is 45.0. The summed E-state index contributed by atoms with van der Waals surface area (Å²) in [5.41, 5.74) is 0. The van der Waals surface area contributed by atoms with Crippen LogP contribution in [0.5, 0.6) is 0 Å². The third-order valence-electron chi connectivity index (χ3n) is 16.5. The Morgan fingerprint density at radius 1 is 0.337 bits per heavy atom. The van der Waals surface area contributed by atoms with Crippen molar-refractivity contribution in [1.82, 2.24) is 0 Å². The minimum Gasteiger partial charge on any atom is -0.462 e. The summed E-state index contributed by atoms with van der Waals surface area (Å²) in [6.45, 7) is 4.24. The maximum absolute atomic E-state index is 12.9. The molecule has 9 nitrogen and oxygen atoms in total. The van der Waals surface area contributed by atoms with Crippen LogP contribution in [0.2, 0.25) is 0 Å². The summed E-state index contributed by atoms with van der Waals surface area (Å²) < 4.78 is 34.8. The lowest BCUT2D eigenvalue weighted by atomic mass is 10.0. The van der Waals surface area contributed by atoms with Crippen molar-refractivity contribution in [3.8, 4) is 0 Å². The van der Waals surface area contributed by atoms with Gasteiger partial charge in [0.1, 0.15) is 19.8 Å². The second-order valence-electron chi connectivity index (χ2n) is 26.6. The van der Waals surface area contributed by atoms with Crippen LogP contribution in [-0.2, 0) is 32.7 Å². The fourth-order valence-corrected chi connectivity index (χ4v) is 11.5. The van der Waals surface area contributed by atoms with Crippen molar-refractivity contribution < 1.29 is 42.1 Å². The Hall–Kier alpha value is -3.59. The SMILES string of the molecule is CC/C=C\C/C=C\C/C=C\C/C=C\C/C=C\C/C=C\CCCCCCCCCCCCCCCCCCC(=O)OC(COC(=O)CCCCCCCCCCCCCCCCCCCCCC/C=C\C/C=C\C/C=C\C/C=C\CC)COP(=O)(O)OCC[N+](C)(C)C. The standard InChI is InChI=1S/C82H144NO8P/c1-6-8-10-12-14-16-18-20-22-24-26-28-30-32-34-36-38-40-41-43-45-47-49-51-53-55-57-59-61-63-65-67-69-71-73-75-82(85)91-80(79-90-92(86,87)89-77-76-83(3,4)5)78-88-81(84)74-72-70-68-66-64-62-60-58-56-54-52-50-48-46-44-42-39-37-35-33-31-29-27-25-23-21-19-17-15-13-11-9-7-2/h8-11,14-17,20-23,26-29,32,34,38,40,80H,6-7,12-13,18-19,24-25,30-31,33,35-37,39,41-79H2,1-5H3/p+1/b10-8-,11-9-,16-14-,17-15-,22-20-,23-21-,28-26-,29-27-,34-32-,40-38-. The molecule has 0 saturated carbocycles. The highest BCUT2D eigenvalue weighted by Crippen LogP contribution is 2.43. The van der Waals surface area contributed by atoms with Gasteiger partial charge in [-0.1, -0.05) is 341 Å². The van der Waals surface area contributed by atoms with E-state index in [9.17, 15) is 19.0 Å². The Balaban J connectivity index is 3.98. The van der Waals surface area contributed by atoms with Crippen LogP contribution in [0, 0.1) is 0 Å². The van der Waals surface area contributed by atoms with Gasteiger partial charge in [-0.3, -0.25) is 18.6 Å². The summed E-state index contributed by atoms with van der Waals surface area (Å²) in [6, 6.07) is 0. The van der Waals surface area contributed by atoms with E-state index in [4.69, 9.17) is 18.5 Å². The number of carbonyl (C=O) groups excluding carboxylic acids is 2. The molecular formula is C82H145NO8P+. The molecule has 0 spiro atoms. The molecular weight excluding hydrogens is 1160 g/mol. The summed E-state index contributed by atoms with van der Waals surface area (Å²) in [5.74, 6) is -0.786. The molecule has 0 aromatic carbocycles. The van der Waals surface area contributed by atoms with Crippen LogP contribution >= 0.6 is 7.82 Å². The molecule has 0 aromatic rings. The van der Waals surface area contributed by atoms with Crippen molar-refractivity contribution >= 4 is 19.8 Å². The summed E-state index contributed by atoms with van der Waals surface area (Å²) in [7, 11) is 1.48. The third kappa shape index (κ3) is 75.4. The normalized spacial score (nSPS) is 13.8. The molecule has 0 saturated heterocycles. The molecule has 0 aliphatic carbocycles. The van der Waals surface area contributed by atoms with Crippen LogP contribution in [0.15, 0.2) is 122 Å². The Morgan fingerprint density at radius 3 is 0.870 bits per heavy atom. The van der Waals surface area contributed by atoms with E-state index in [0.717, 1.165) is 96.3 Å². The first-order valence-electron chi connectivity index (χ1n) is 38.3. The van der Waals surface area contributed by atoms with Gasteiger partial charge in [0.2, 0.25) is 0 Å². The van der Waals surface area contributed by atoms with Gasteiger partial charge in [0.25, 0.3) is 0 Å². The number of allylic oxidation sites excluding steroid dienone is 20. The Morgan fingerprint density at radius 2 is 0.587 bits per heavy atom. The largest absolute Gasteiger partial charge is 0.472 e. The third-order valence-corrected chi connectivity index (χ3v) is 17.5. The maximum Gasteiger partial charge on any atom is 0.472 e. The molecule has 0 radical (unpaired) electrons. The molecule has 0 aromatic heterocycles. The lowest BCUT2D eigenvalue weighted by molar-refractivity contribution is -0.870. The van der Waals surface area contributed by atoms with Crippen molar-refractivity contribution in [1.29, 1.82) is 0 Å². The van der Waals surface area contributed by atoms with Gasteiger partial charge in [0.05, 0.1) is 27.7 Å². The maximum atomic E-state index is 12.9. The number of ether oxygens (including phenoxy) is 2. The predicted octanol–water partition coefficient (Wildman–Crippen LogP) is 25.4. The average molecular weight is 1300 g/mol. The van der Waals surface area contributed by atoms with E-state index in [1.54, 1.807) is 0 Å². The number of quaternary nitrogens is 1. The topological polar surface area (TPSA) is 108 Å². The van der Waals surface area contributed by atoms with Crippen molar-refractivity contribution in [2.24, 2.45) is 0 Å². The van der Waals surface area contributed by atoms with E-state index in [-0.39, 0.29) is 32.0 Å². The van der Waals surface area contributed by atoms with Crippen LogP contribution in [0.3, 0.4) is 0 Å². The van der Waals surface area contributed by atoms with Crippen molar-refractivity contribution in [3.05, 3.63) is 122 Å². The van der Waals surface area contributed by atoms with Gasteiger partial charge in [-0.15, -0.1) is 0 Å². The number of rotatable bonds is 70. The zero-order valence-electron chi connectivity index (χ0n) is 60.5. The number of hydrogen-bond donors (Lipinski definition) is 1. The van der Waals surface area contributed by atoms with E-state index in [0.29, 0.717) is 17.4 Å². The van der Waals surface area contributed by atoms with E-state index >= 15 is 0 Å². The number of hydrogen-bond acceptors (Lipinski definition) is 7. The second-order valence-corrected chi connectivity index (χ2v) is 28.1. The van der Waals surface area contributed by atoms with E-state index in [1.165, 1.54) is 205 Å². The molecule has 10 heteroatoms. The minimum absolute atomic E-state index is 0.0297. The average Bonchev–Trinajstić information content (AvgIpc) is 2.14. The highest BCUT2D eigenvalue weighted by Gasteiger charge is 2.27. The zero-order chi connectivity index (χ0) is 66.9. The zero-order valence-corrected chi connectivity index (χ0v) is 61.4. The smallest absolute Gasteiger partial charge is 0.462 e. The van der Waals surface area contributed by atoms with Gasteiger partial charge in [-0.2, -0.15) is 0 Å². The Labute approximate surface area is 568 Å². The summed E-state index contributed by atoms with van der Waals surface area (Å²) in [5, 5.41) is 0. The second kappa shape index (κ2) is 71.7. The molecule has 530 valence electrons. The summed E-state index contributed by atoms with van der Waals surface area (Å²) in [6.07, 6.45) is 103. The molecule has 0 amide bonds. The number of unbranched alkanes of at least 4 members (excludes halogenated alkanes) is 36. The van der Waals surface area contributed by atoms with Crippen LogP contribution in [-0.4, -0.2) is 74.9 Å². The molecule has 0 aliphatic rings. The molecule has 0 fully saturated rings. The Kier molecular flexibility index (Phi) is 68.9. The van der Waals surface area contributed by atoms with Crippen LogP contribution in [0.25, 0.3) is 0 Å². The molecule has 1 N–H and O–H groups in total. The van der Waals surface area contributed by atoms with Crippen LogP contribution < -0.4 is 0 Å². The lowest BCUT2D eigenvalue weighted by Crippen LogP contribution is -2.37. The molecule has 0 aliphatic heterocycles. The number of phosphoric acid groups is 1. The monoisotopic (exact) mass is 1300 g/mol. The van der Waals surface area contributed by atoms with Crippen molar-refractivity contribution in [3.63, 3.8) is 0 Å². The van der Waals surface area contributed by atoms with E-state index in [1.807, 2.05) is 21.1 Å². The number of likely N-dealkylation sites (N-methyl/N-ethyl adjacent to an activating group) is 1. The number of carbonyl (C=O) groups is 2. The molecule has 2 atom stereocenters. The predicted molar refractivity (Wildman–Crippen MR) is 399 cm³/mol. The molecule has 0 bridgehead atoms. The summed E-state index contributed by atoms with van der Waals surface area (Å²) in [4.78, 5) is 36.0. The van der Waals surface area contributed by atoms with Crippen LogP contribution in [0.4, 0.5) is 0 Å². The van der Waals surface area contributed by atoms with E-state index < -0.39 is 26.5 Å². The van der Waals surface area contributed by atoms with Crippen molar-refractivity contribution in [2.45, 2.75) is 341 Å². The fraction of sp³-hybridized carbons (Fsp3) is 0.732. The molecule has 92 heavy (non-hydrogen) atoms. The van der Waals surface area contributed by atoms with E-state index in [2.05, 4.69) is 135 Å². The van der Waals surface area contributed by atoms with Gasteiger partial charge in [0.15, 0.2) is 6.10 Å². The van der Waals surface area contributed by atoms with Gasteiger partial charge >= 0.3 is 19.8 Å². The van der Waals surface area contributed by atoms with Crippen LogP contribution in [0.1, 0.15) is 335 Å². The van der Waals surface area contributed by atoms with Crippen molar-refractivity contribution in [2.75, 3.05) is 47.5 Å². The van der Waals surface area contributed by atoms with Gasteiger partial charge in [0, 0.05) is 12.8 Å². The quantitative estimate of drug-likeness (QED) is 0.0211. The molecule has 0 heterocycles. The van der Waals surface area contributed by atoms with Gasteiger partial charge < -0.3 is 18.9 Å². The first-order valence-corrected chi connectivity index (χ1v) is 39.8. The fourth-order valence-electron chi connectivity index (χ4n) is 10.7. The number of nitrogens with zero attached hydrogens (tertiary/aromatic N) is 1. The number of esters is 2. The lowest BCUT2D eigenvalue weighted by Gasteiger charge is -2.24. The number of phosphoric ester groups is 1.